The lowest BCUT2D eigenvalue weighted by Gasteiger charge is -2.18. The molecule has 0 spiro atoms. The minimum absolute atomic E-state index is 0.261. The van der Waals surface area contributed by atoms with Gasteiger partial charge in [-0.05, 0) is 43.8 Å². The first-order chi connectivity index (χ1) is 9.86. The van der Waals surface area contributed by atoms with Crippen molar-refractivity contribution in [3.05, 3.63) is 46.6 Å². The van der Waals surface area contributed by atoms with Crippen molar-refractivity contribution in [3.63, 3.8) is 0 Å². The Morgan fingerprint density at radius 2 is 2.05 bits per heavy atom. The molecule has 0 atom stereocenters. The van der Waals surface area contributed by atoms with E-state index in [0.717, 1.165) is 14.7 Å². The maximum atomic E-state index is 13.3. The van der Waals surface area contributed by atoms with Gasteiger partial charge in [0.15, 0.2) is 0 Å². The second-order valence-corrected chi connectivity index (χ2v) is 7.99. The van der Waals surface area contributed by atoms with Crippen LogP contribution in [0.2, 0.25) is 0 Å². The number of sulfonamides is 1. The van der Waals surface area contributed by atoms with E-state index in [9.17, 15) is 12.8 Å². The minimum Gasteiger partial charge on any atom is -0.315 e. The number of rotatable bonds is 5. The normalized spacial score (nSPS) is 11.6. The van der Waals surface area contributed by atoms with E-state index in [2.05, 4.69) is 5.32 Å². The van der Waals surface area contributed by atoms with Gasteiger partial charge in [0.1, 0.15) is 10.0 Å². The molecule has 2 rings (SSSR count). The Morgan fingerprint density at radius 1 is 1.33 bits per heavy atom. The molecular weight excluding hydrogens is 311 g/mol. The smallest absolute Gasteiger partial charge is 0.273 e. The average molecular weight is 328 g/mol. The number of nitrogens with zero attached hydrogens (tertiary/aromatic N) is 1. The van der Waals surface area contributed by atoms with Crippen molar-refractivity contribution in [2.45, 2.75) is 17.7 Å². The summed E-state index contributed by atoms with van der Waals surface area (Å²) >= 11 is 1.23. The lowest BCUT2D eigenvalue weighted by Crippen LogP contribution is -2.25. The van der Waals surface area contributed by atoms with Crippen molar-refractivity contribution in [2.24, 2.45) is 0 Å². The number of aryl methyl sites for hydroxylation is 1. The van der Waals surface area contributed by atoms with Crippen LogP contribution in [0.3, 0.4) is 0 Å². The Labute approximate surface area is 128 Å². The Hall–Kier alpha value is -1.44. The SMILES string of the molecule is CNCc1sc(S(=O)(=O)N(C)c2cccc(F)c2)cc1C. The van der Waals surface area contributed by atoms with Crippen molar-refractivity contribution in [3.8, 4) is 0 Å². The molecule has 0 aliphatic rings. The first kappa shape index (κ1) is 15.9. The molecule has 0 saturated heterocycles. The van der Waals surface area contributed by atoms with E-state index in [1.165, 1.54) is 36.6 Å². The third kappa shape index (κ3) is 3.25. The van der Waals surface area contributed by atoms with Gasteiger partial charge in [-0.1, -0.05) is 6.07 Å². The van der Waals surface area contributed by atoms with E-state index in [1.807, 2.05) is 14.0 Å². The van der Waals surface area contributed by atoms with Crippen LogP contribution in [-0.2, 0) is 16.6 Å². The minimum atomic E-state index is -3.67. The van der Waals surface area contributed by atoms with Crippen LogP contribution in [0.4, 0.5) is 10.1 Å². The molecule has 1 heterocycles. The van der Waals surface area contributed by atoms with E-state index >= 15 is 0 Å². The van der Waals surface area contributed by atoms with Crippen LogP contribution in [-0.4, -0.2) is 22.5 Å². The van der Waals surface area contributed by atoms with Gasteiger partial charge in [0, 0.05) is 18.5 Å². The summed E-state index contributed by atoms with van der Waals surface area (Å²) in [4.78, 5) is 0.976. The highest BCUT2D eigenvalue weighted by Gasteiger charge is 2.24. The van der Waals surface area contributed by atoms with Crippen LogP contribution in [0.1, 0.15) is 10.4 Å². The first-order valence-corrected chi connectivity index (χ1v) is 8.60. The standard InChI is InChI=1S/C14H17FN2O2S2/c1-10-7-14(20-13(10)9-16-2)21(18,19)17(3)12-6-4-5-11(15)8-12/h4-8,16H,9H2,1-3H3. The van der Waals surface area contributed by atoms with E-state index in [0.29, 0.717) is 12.2 Å². The molecule has 0 unspecified atom stereocenters. The largest absolute Gasteiger partial charge is 0.315 e. The monoisotopic (exact) mass is 328 g/mol. The number of hydrogen-bond acceptors (Lipinski definition) is 4. The summed E-state index contributed by atoms with van der Waals surface area (Å²) in [7, 11) is -0.432. The van der Waals surface area contributed by atoms with Gasteiger partial charge in [0.25, 0.3) is 10.0 Å². The molecule has 4 nitrogen and oxygen atoms in total. The van der Waals surface area contributed by atoms with Gasteiger partial charge in [-0.3, -0.25) is 4.31 Å². The molecule has 0 aliphatic carbocycles. The fourth-order valence-corrected chi connectivity index (χ4v) is 4.86. The van der Waals surface area contributed by atoms with Gasteiger partial charge in [-0.25, -0.2) is 12.8 Å². The molecule has 2 aromatic rings. The molecule has 21 heavy (non-hydrogen) atoms. The molecule has 7 heteroatoms. The predicted molar refractivity (Wildman–Crippen MR) is 83.8 cm³/mol. The number of benzene rings is 1. The van der Waals surface area contributed by atoms with Crippen molar-refractivity contribution in [1.29, 1.82) is 0 Å². The van der Waals surface area contributed by atoms with Crippen LogP contribution < -0.4 is 9.62 Å². The zero-order valence-electron chi connectivity index (χ0n) is 12.1. The summed E-state index contributed by atoms with van der Waals surface area (Å²) in [6.45, 7) is 2.50. The van der Waals surface area contributed by atoms with Crippen molar-refractivity contribution >= 4 is 27.0 Å². The average Bonchev–Trinajstić information content (AvgIpc) is 2.80. The summed E-state index contributed by atoms with van der Waals surface area (Å²) in [6.07, 6.45) is 0. The first-order valence-electron chi connectivity index (χ1n) is 6.34. The zero-order chi connectivity index (χ0) is 15.6. The van der Waals surface area contributed by atoms with Gasteiger partial charge < -0.3 is 5.32 Å². The number of halogens is 1. The fraction of sp³-hybridized carbons (Fsp3) is 0.286. The molecule has 0 fully saturated rings. The molecule has 1 aromatic carbocycles. The quantitative estimate of drug-likeness (QED) is 0.918. The van der Waals surface area contributed by atoms with E-state index in [-0.39, 0.29) is 4.21 Å². The molecule has 0 bridgehead atoms. The Bertz CT molecular complexity index is 741. The Kier molecular flexibility index (Phi) is 4.65. The van der Waals surface area contributed by atoms with Crippen molar-refractivity contribution in [2.75, 3.05) is 18.4 Å². The second-order valence-electron chi connectivity index (χ2n) is 4.65. The second kappa shape index (κ2) is 6.13. The number of thiophene rings is 1. The van der Waals surface area contributed by atoms with E-state index in [4.69, 9.17) is 0 Å². The molecule has 1 aromatic heterocycles. The maximum absolute atomic E-state index is 13.3. The molecule has 1 N–H and O–H groups in total. The lowest BCUT2D eigenvalue weighted by atomic mass is 10.3. The van der Waals surface area contributed by atoms with Crippen molar-refractivity contribution < 1.29 is 12.8 Å². The van der Waals surface area contributed by atoms with Gasteiger partial charge in [-0.2, -0.15) is 0 Å². The summed E-state index contributed by atoms with van der Waals surface area (Å²) in [5.41, 5.74) is 1.23. The molecular formula is C14H17FN2O2S2. The predicted octanol–water partition coefficient (Wildman–Crippen LogP) is 2.74. The molecule has 0 saturated carbocycles. The third-order valence-corrected chi connectivity index (χ3v) is 6.59. The van der Waals surface area contributed by atoms with E-state index in [1.54, 1.807) is 12.1 Å². The Balaban J connectivity index is 2.39. The fourth-order valence-electron chi connectivity index (χ4n) is 1.90. The molecule has 0 amide bonds. The topological polar surface area (TPSA) is 49.4 Å². The summed E-state index contributed by atoms with van der Waals surface area (Å²) in [5, 5.41) is 3.01. The van der Waals surface area contributed by atoms with Gasteiger partial charge in [0.2, 0.25) is 0 Å². The van der Waals surface area contributed by atoms with Crippen LogP contribution in [0.5, 0.6) is 0 Å². The molecule has 0 aliphatic heterocycles. The highest BCUT2D eigenvalue weighted by molar-refractivity contribution is 7.94. The summed E-state index contributed by atoms with van der Waals surface area (Å²) in [6, 6.07) is 7.19. The highest BCUT2D eigenvalue weighted by Crippen LogP contribution is 2.30. The Morgan fingerprint density at radius 3 is 2.67 bits per heavy atom. The van der Waals surface area contributed by atoms with Gasteiger partial charge in [-0.15, -0.1) is 11.3 Å². The van der Waals surface area contributed by atoms with Crippen molar-refractivity contribution in [1.82, 2.24) is 5.32 Å². The zero-order valence-corrected chi connectivity index (χ0v) is 13.7. The van der Waals surface area contributed by atoms with E-state index < -0.39 is 15.8 Å². The lowest BCUT2D eigenvalue weighted by molar-refractivity contribution is 0.596. The highest BCUT2D eigenvalue weighted by atomic mass is 32.2. The number of anilines is 1. The maximum Gasteiger partial charge on any atom is 0.273 e. The number of hydrogen-bond donors (Lipinski definition) is 1. The van der Waals surface area contributed by atoms with Crippen LogP contribution in [0.15, 0.2) is 34.5 Å². The van der Waals surface area contributed by atoms with Gasteiger partial charge in [0.05, 0.1) is 5.69 Å². The number of nitrogens with one attached hydrogen (secondary N) is 1. The third-order valence-electron chi connectivity index (χ3n) is 3.12. The summed E-state index contributed by atoms with van der Waals surface area (Å²) in [5.74, 6) is -0.465. The van der Waals surface area contributed by atoms with Crippen LogP contribution in [0, 0.1) is 12.7 Å². The molecule has 114 valence electrons. The van der Waals surface area contributed by atoms with Crippen LogP contribution >= 0.6 is 11.3 Å². The molecule has 0 radical (unpaired) electrons. The van der Waals surface area contributed by atoms with Crippen LogP contribution in [0.25, 0.3) is 0 Å². The van der Waals surface area contributed by atoms with Gasteiger partial charge >= 0.3 is 0 Å². The summed E-state index contributed by atoms with van der Waals surface area (Å²) < 4.78 is 39.8.